The maximum absolute atomic E-state index is 12.1. The summed E-state index contributed by atoms with van der Waals surface area (Å²) in [6, 6.07) is 0. The maximum atomic E-state index is 12.1. The van der Waals surface area contributed by atoms with Crippen LogP contribution in [0.1, 0.15) is 67.2 Å². The van der Waals surface area contributed by atoms with Crippen LogP contribution in [0.15, 0.2) is 70.9 Å². The van der Waals surface area contributed by atoms with Crippen LogP contribution in [0.5, 0.6) is 0 Å². The summed E-state index contributed by atoms with van der Waals surface area (Å²) in [5.41, 5.74) is 4.56. The van der Waals surface area contributed by atoms with Crippen molar-refractivity contribution in [2.24, 2.45) is 10.8 Å². The van der Waals surface area contributed by atoms with Gasteiger partial charge in [-0.15, -0.1) is 0 Å². The molecule has 0 fully saturated rings. The quantitative estimate of drug-likeness (QED) is 0.196. The van der Waals surface area contributed by atoms with E-state index in [1.807, 2.05) is 65.8 Å². The fraction of sp³-hybridized carbons (Fsp3) is 0.588. The van der Waals surface area contributed by atoms with Crippen LogP contribution in [0.3, 0.4) is 0 Å². The first kappa shape index (κ1) is 35.4. The first-order chi connectivity index (χ1) is 19.6. The lowest BCUT2D eigenvalue weighted by Crippen LogP contribution is -2.25. The second kappa shape index (κ2) is 16.2. The van der Waals surface area contributed by atoms with Crippen LogP contribution in [-0.2, 0) is 28.5 Å². The van der Waals surface area contributed by atoms with E-state index in [2.05, 4.69) is 13.2 Å². The molecule has 0 aromatic rings. The molecule has 8 nitrogen and oxygen atoms in total. The number of allylic oxidation sites excluding steroid dienone is 4. The van der Waals surface area contributed by atoms with Crippen LogP contribution in [0.4, 0.5) is 0 Å². The standard InChI is InChI=1S/C34H50O8/c1-23-19-25(21-27(31(23)37)33(3,4)5)9-11-29(35)41-17-15-39-13-14-40-16-18-42-30(36)12-10-26-20-24(2)32(38)28(22-26)34(6,7)8/h19-22,31-32,37-38H,1-2,9-18H2,3-8H3. The van der Waals surface area contributed by atoms with Gasteiger partial charge in [-0.2, -0.15) is 0 Å². The number of carbonyl (C=O) groups excluding carboxylic acids is 2. The van der Waals surface area contributed by atoms with Crippen molar-refractivity contribution in [3.8, 4) is 0 Å². The lowest BCUT2D eigenvalue weighted by molar-refractivity contribution is -0.146. The number of carbonyl (C=O) groups is 2. The topological polar surface area (TPSA) is 112 Å². The number of hydrogen-bond acceptors (Lipinski definition) is 8. The molecular formula is C34H50O8. The fourth-order valence-electron chi connectivity index (χ4n) is 4.60. The normalized spacial score (nSPS) is 19.5. The second-order valence-corrected chi connectivity index (χ2v) is 12.8. The van der Waals surface area contributed by atoms with E-state index in [0.717, 1.165) is 22.3 Å². The van der Waals surface area contributed by atoms with E-state index in [-0.39, 0.29) is 62.0 Å². The highest BCUT2D eigenvalue weighted by Gasteiger charge is 2.29. The molecule has 2 N–H and O–H groups in total. The number of rotatable bonds is 15. The molecular weight excluding hydrogens is 536 g/mol. The third kappa shape index (κ3) is 11.8. The van der Waals surface area contributed by atoms with E-state index in [4.69, 9.17) is 18.9 Å². The van der Waals surface area contributed by atoms with Crippen molar-refractivity contribution in [3.63, 3.8) is 0 Å². The average Bonchev–Trinajstić information content (AvgIpc) is 2.89. The molecule has 0 spiro atoms. The van der Waals surface area contributed by atoms with Crippen molar-refractivity contribution in [3.05, 3.63) is 70.9 Å². The summed E-state index contributed by atoms with van der Waals surface area (Å²) < 4.78 is 21.3. The molecule has 2 aliphatic carbocycles. The molecule has 2 atom stereocenters. The number of ether oxygens (including phenoxy) is 4. The molecule has 0 saturated heterocycles. The summed E-state index contributed by atoms with van der Waals surface area (Å²) in [4.78, 5) is 24.2. The Balaban J connectivity index is 1.51. The predicted molar refractivity (Wildman–Crippen MR) is 164 cm³/mol. The monoisotopic (exact) mass is 586 g/mol. The van der Waals surface area contributed by atoms with Crippen LogP contribution in [-0.4, -0.2) is 74.0 Å². The van der Waals surface area contributed by atoms with Gasteiger partial charge in [0.05, 0.1) is 26.4 Å². The molecule has 0 aromatic heterocycles. The van der Waals surface area contributed by atoms with E-state index >= 15 is 0 Å². The van der Waals surface area contributed by atoms with E-state index in [1.165, 1.54) is 0 Å². The maximum Gasteiger partial charge on any atom is 0.306 e. The Morgan fingerprint density at radius 2 is 0.976 bits per heavy atom. The highest BCUT2D eigenvalue weighted by Crippen LogP contribution is 2.37. The minimum atomic E-state index is -0.690. The van der Waals surface area contributed by atoms with Crippen molar-refractivity contribution < 1.29 is 38.7 Å². The predicted octanol–water partition coefficient (Wildman–Crippen LogP) is 5.33. The first-order valence-corrected chi connectivity index (χ1v) is 14.7. The lowest BCUT2D eigenvalue weighted by Gasteiger charge is -2.31. The van der Waals surface area contributed by atoms with Crippen molar-refractivity contribution in [2.45, 2.75) is 79.4 Å². The minimum absolute atomic E-state index is 0.152. The van der Waals surface area contributed by atoms with Gasteiger partial charge in [0.15, 0.2) is 0 Å². The zero-order valence-electron chi connectivity index (χ0n) is 26.3. The molecule has 0 radical (unpaired) electrons. The molecule has 2 rings (SSSR count). The Hall–Kier alpha value is -2.78. The van der Waals surface area contributed by atoms with Gasteiger partial charge in [0.25, 0.3) is 0 Å². The highest BCUT2D eigenvalue weighted by atomic mass is 16.6. The third-order valence-corrected chi connectivity index (χ3v) is 7.04. The SMILES string of the molecule is C=C1C=C(CCC(=O)OCCOCCOCCOC(=O)CCC2=CC(=C)C(O)C(C(C)(C)C)=C2)C=C(C(C)(C)C)C1O. The van der Waals surface area contributed by atoms with Gasteiger partial charge in [-0.3, -0.25) is 9.59 Å². The molecule has 2 unspecified atom stereocenters. The Morgan fingerprint density at radius 3 is 1.31 bits per heavy atom. The molecule has 42 heavy (non-hydrogen) atoms. The van der Waals surface area contributed by atoms with Crippen molar-refractivity contribution in [1.82, 2.24) is 0 Å². The highest BCUT2D eigenvalue weighted by molar-refractivity contribution is 5.70. The fourth-order valence-corrected chi connectivity index (χ4v) is 4.60. The number of hydrogen-bond donors (Lipinski definition) is 2. The Kier molecular flexibility index (Phi) is 13.6. The lowest BCUT2D eigenvalue weighted by atomic mass is 9.77. The molecule has 0 aliphatic heterocycles. The zero-order valence-corrected chi connectivity index (χ0v) is 26.3. The average molecular weight is 587 g/mol. The van der Waals surface area contributed by atoms with Crippen molar-refractivity contribution in [1.29, 1.82) is 0 Å². The Morgan fingerprint density at radius 1 is 0.643 bits per heavy atom. The van der Waals surface area contributed by atoms with E-state index in [9.17, 15) is 19.8 Å². The summed E-state index contributed by atoms with van der Waals surface area (Å²) in [5, 5.41) is 20.8. The van der Waals surface area contributed by atoms with Gasteiger partial charge in [0, 0.05) is 12.8 Å². The summed E-state index contributed by atoms with van der Waals surface area (Å²) >= 11 is 0. The molecule has 234 valence electrons. The van der Waals surface area contributed by atoms with E-state index in [1.54, 1.807) is 0 Å². The molecule has 8 heteroatoms. The van der Waals surface area contributed by atoms with Crippen LogP contribution in [0.2, 0.25) is 0 Å². The van der Waals surface area contributed by atoms with Gasteiger partial charge >= 0.3 is 11.9 Å². The smallest absolute Gasteiger partial charge is 0.306 e. The van der Waals surface area contributed by atoms with Crippen molar-refractivity contribution >= 4 is 11.9 Å². The number of aliphatic hydroxyl groups is 2. The molecule has 0 heterocycles. The number of aliphatic hydroxyl groups excluding tert-OH is 2. The van der Waals surface area contributed by atoms with Crippen LogP contribution < -0.4 is 0 Å². The summed E-state index contributed by atoms with van der Waals surface area (Å²) in [6.07, 6.45) is 7.67. The summed E-state index contributed by atoms with van der Waals surface area (Å²) in [7, 11) is 0. The van der Waals surface area contributed by atoms with E-state index < -0.39 is 12.2 Å². The van der Waals surface area contributed by atoms with Gasteiger partial charge in [-0.05, 0) is 57.1 Å². The van der Waals surface area contributed by atoms with Gasteiger partial charge in [0.1, 0.15) is 25.4 Å². The van der Waals surface area contributed by atoms with Gasteiger partial charge in [0.2, 0.25) is 0 Å². The molecule has 0 saturated carbocycles. The van der Waals surface area contributed by atoms with Crippen LogP contribution in [0, 0.1) is 10.8 Å². The van der Waals surface area contributed by atoms with Gasteiger partial charge in [-0.25, -0.2) is 0 Å². The summed E-state index contributed by atoms with van der Waals surface area (Å²) in [6.45, 7) is 21.6. The molecule has 2 aliphatic rings. The van der Waals surface area contributed by atoms with Gasteiger partial charge in [-0.1, -0.05) is 79.0 Å². The third-order valence-electron chi connectivity index (χ3n) is 7.04. The van der Waals surface area contributed by atoms with Gasteiger partial charge < -0.3 is 29.2 Å². The summed E-state index contributed by atoms with van der Waals surface area (Å²) in [5.74, 6) is -0.624. The second-order valence-electron chi connectivity index (χ2n) is 12.8. The Bertz CT molecular complexity index is 1020. The molecule has 0 aromatic carbocycles. The number of esters is 2. The Labute approximate surface area is 251 Å². The van der Waals surface area contributed by atoms with E-state index in [0.29, 0.717) is 37.2 Å². The van der Waals surface area contributed by atoms with Crippen LogP contribution >= 0.6 is 0 Å². The van der Waals surface area contributed by atoms with Crippen LogP contribution in [0.25, 0.3) is 0 Å². The molecule has 0 amide bonds. The minimum Gasteiger partial charge on any atom is -0.463 e. The largest absolute Gasteiger partial charge is 0.463 e. The van der Waals surface area contributed by atoms with Crippen molar-refractivity contribution in [2.75, 3.05) is 39.6 Å². The molecule has 0 bridgehead atoms. The first-order valence-electron chi connectivity index (χ1n) is 14.7. The zero-order chi connectivity index (χ0) is 31.5.